The van der Waals surface area contributed by atoms with Gasteiger partial charge in [0.1, 0.15) is 28.0 Å². The minimum atomic E-state index is 0.857. The lowest BCUT2D eigenvalue weighted by atomic mass is 10.1. The summed E-state index contributed by atoms with van der Waals surface area (Å²) in [6.07, 6.45) is 0. The van der Waals surface area contributed by atoms with E-state index in [4.69, 9.17) is 8.83 Å². The Morgan fingerprint density at radius 3 is 1.39 bits per heavy atom. The van der Waals surface area contributed by atoms with Crippen LogP contribution in [-0.2, 0) is 0 Å². The van der Waals surface area contributed by atoms with Crippen LogP contribution < -0.4 is 4.90 Å². The number of anilines is 3. The lowest BCUT2D eigenvalue weighted by molar-refractivity contribution is 0.669. The fraction of sp³-hybridized carbons (Fsp3) is 0. The number of hydrogen-bond donors (Lipinski definition) is 0. The number of nitrogens with zero attached hydrogens (tertiary/aromatic N) is 3. The van der Waals surface area contributed by atoms with Crippen molar-refractivity contribution in [2.75, 3.05) is 4.90 Å². The quantitative estimate of drug-likeness (QED) is 0.196. The molecule has 49 heavy (non-hydrogen) atoms. The number of aromatic nitrogens is 2. The number of benzene rings is 7. The van der Waals surface area contributed by atoms with Crippen molar-refractivity contribution in [1.29, 1.82) is 0 Å². The molecule has 0 N–H and O–H groups in total. The van der Waals surface area contributed by atoms with E-state index in [1.165, 1.54) is 43.9 Å². The molecular weight excluding hydrogens is 603 g/mol. The van der Waals surface area contributed by atoms with Gasteiger partial charge in [-0.05, 0) is 66.7 Å². The Hall–Kier alpha value is -6.72. The first-order chi connectivity index (χ1) is 24.3. The van der Waals surface area contributed by atoms with Crippen LogP contribution in [0.3, 0.4) is 0 Å². The summed E-state index contributed by atoms with van der Waals surface area (Å²) >= 11 is 0. The fourth-order valence-electron chi connectivity index (χ4n) is 8.36. The third kappa shape index (κ3) is 3.24. The second kappa shape index (κ2) is 9.00. The van der Waals surface area contributed by atoms with E-state index in [2.05, 4.69) is 141 Å². The van der Waals surface area contributed by atoms with E-state index >= 15 is 0 Å². The summed E-state index contributed by atoms with van der Waals surface area (Å²) in [6, 6.07) is 53.9. The maximum absolute atomic E-state index is 6.40. The summed E-state index contributed by atoms with van der Waals surface area (Å²) in [4.78, 5) is 2.32. The molecule has 0 saturated carbocycles. The largest absolute Gasteiger partial charge is 0.456 e. The zero-order valence-corrected chi connectivity index (χ0v) is 26.1. The normalized spacial score (nSPS) is 12.5. The minimum absolute atomic E-state index is 0.857. The predicted octanol–water partition coefficient (Wildman–Crippen LogP) is 12.4. The van der Waals surface area contributed by atoms with Crippen LogP contribution >= 0.6 is 0 Å². The van der Waals surface area contributed by atoms with Gasteiger partial charge >= 0.3 is 0 Å². The predicted molar refractivity (Wildman–Crippen MR) is 201 cm³/mol. The van der Waals surface area contributed by atoms with Crippen LogP contribution in [0, 0.1) is 0 Å². The summed E-state index contributed by atoms with van der Waals surface area (Å²) in [6.45, 7) is 0. The highest BCUT2D eigenvalue weighted by atomic mass is 16.3. The number of imidazole rings is 1. The first-order valence-electron chi connectivity index (χ1n) is 16.6. The molecular formula is C44H25N3O2. The summed E-state index contributed by atoms with van der Waals surface area (Å²) in [7, 11) is 0. The van der Waals surface area contributed by atoms with Gasteiger partial charge in [0.2, 0.25) is 0 Å². The first-order valence-corrected chi connectivity index (χ1v) is 16.6. The van der Waals surface area contributed by atoms with Crippen LogP contribution in [0.2, 0.25) is 0 Å². The van der Waals surface area contributed by atoms with Gasteiger partial charge in [-0.1, -0.05) is 72.8 Å². The molecule has 0 unspecified atom stereocenters. The van der Waals surface area contributed by atoms with Crippen molar-refractivity contribution >= 4 is 105 Å². The zero-order valence-electron chi connectivity index (χ0n) is 26.1. The SMILES string of the molecule is c1ccc2c(c1)oc1cc(N(c3ccc4c(c3)oc3ccccc34)c3ccc4c5c6ccccc6n6c7ccccc7n(c4c3)c56)ccc12. The molecule has 0 fully saturated rings. The molecule has 0 bridgehead atoms. The van der Waals surface area contributed by atoms with Gasteiger partial charge in [-0.2, -0.15) is 0 Å². The molecule has 5 heterocycles. The maximum atomic E-state index is 6.40. The van der Waals surface area contributed by atoms with Crippen molar-refractivity contribution in [1.82, 2.24) is 8.80 Å². The highest BCUT2D eigenvalue weighted by molar-refractivity contribution is 6.24. The second-order valence-corrected chi connectivity index (χ2v) is 13.0. The second-order valence-electron chi connectivity index (χ2n) is 13.0. The topological polar surface area (TPSA) is 38.3 Å². The van der Waals surface area contributed by atoms with Crippen molar-refractivity contribution in [3.63, 3.8) is 0 Å². The Morgan fingerprint density at radius 1 is 0.347 bits per heavy atom. The van der Waals surface area contributed by atoms with Crippen LogP contribution in [-0.4, -0.2) is 8.80 Å². The summed E-state index contributed by atoms with van der Waals surface area (Å²) in [5, 5.41) is 8.25. The third-order valence-corrected chi connectivity index (χ3v) is 10.4. The van der Waals surface area contributed by atoms with E-state index in [0.717, 1.165) is 60.9 Å². The molecule has 7 aromatic carbocycles. The molecule has 12 aromatic rings. The number of para-hydroxylation sites is 5. The zero-order chi connectivity index (χ0) is 31.8. The molecule has 0 aliphatic carbocycles. The average Bonchev–Trinajstić information content (AvgIpc) is 3.94. The van der Waals surface area contributed by atoms with Crippen molar-refractivity contribution in [3.8, 4) is 0 Å². The fourth-order valence-corrected chi connectivity index (χ4v) is 8.36. The van der Waals surface area contributed by atoms with Crippen LogP contribution in [0.1, 0.15) is 0 Å². The van der Waals surface area contributed by atoms with Crippen molar-refractivity contribution in [3.05, 3.63) is 152 Å². The Bertz CT molecular complexity index is 3180. The smallest absolute Gasteiger partial charge is 0.137 e. The highest BCUT2D eigenvalue weighted by Gasteiger charge is 2.24. The van der Waals surface area contributed by atoms with Gasteiger partial charge in [-0.15, -0.1) is 0 Å². The van der Waals surface area contributed by atoms with Crippen molar-refractivity contribution in [2.24, 2.45) is 0 Å². The van der Waals surface area contributed by atoms with Gasteiger partial charge in [0.15, 0.2) is 0 Å². The maximum Gasteiger partial charge on any atom is 0.137 e. The molecule has 5 heteroatoms. The first kappa shape index (κ1) is 25.4. The van der Waals surface area contributed by atoms with Crippen molar-refractivity contribution in [2.45, 2.75) is 0 Å². The van der Waals surface area contributed by atoms with E-state index < -0.39 is 0 Å². The summed E-state index contributed by atoms with van der Waals surface area (Å²) in [5.74, 6) is 0. The summed E-state index contributed by atoms with van der Waals surface area (Å²) in [5.41, 5.74) is 12.6. The van der Waals surface area contributed by atoms with E-state index in [9.17, 15) is 0 Å². The van der Waals surface area contributed by atoms with Gasteiger partial charge in [0.25, 0.3) is 0 Å². The Kier molecular flexibility index (Phi) is 4.66. The molecule has 5 nitrogen and oxygen atoms in total. The van der Waals surface area contributed by atoms with Crippen LogP contribution in [0.4, 0.5) is 17.1 Å². The van der Waals surface area contributed by atoms with E-state index in [1.54, 1.807) is 0 Å². The number of furan rings is 2. The third-order valence-electron chi connectivity index (χ3n) is 10.4. The van der Waals surface area contributed by atoms with Gasteiger partial charge in [-0.25, -0.2) is 0 Å². The summed E-state index contributed by atoms with van der Waals surface area (Å²) < 4.78 is 17.6. The van der Waals surface area contributed by atoms with Gasteiger partial charge in [0.05, 0.1) is 22.1 Å². The molecule has 0 spiro atoms. The molecule has 0 saturated heterocycles. The average molecular weight is 628 g/mol. The molecule has 5 aromatic heterocycles. The Balaban J connectivity index is 1.16. The van der Waals surface area contributed by atoms with Crippen LogP contribution in [0.5, 0.6) is 0 Å². The lowest BCUT2D eigenvalue weighted by Gasteiger charge is -2.25. The standard InChI is InChI=1S/C44H25N3O2/c1-4-12-35-33(11-1)43-34-22-19-26(23-38(34)47-37-14-6-5-13-36(37)46(35)44(43)47)45(27-17-20-31-29-9-2-7-15-39(29)48-41(31)24-27)28-18-21-32-30-10-3-8-16-40(30)49-42(32)25-28/h1-25H. The van der Waals surface area contributed by atoms with Gasteiger partial charge in [0, 0.05) is 66.9 Å². The van der Waals surface area contributed by atoms with E-state index in [0.29, 0.717) is 0 Å². The molecule has 0 aliphatic rings. The molecule has 228 valence electrons. The lowest BCUT2D eigenvalue weighted by Crippen LogP contribution is -2.09. The molecule has 0 amide bonds. The van der Waals surface area contributed by atoms with E-state index in [-0.39, 0.29) is 0 Å². The number of hydrogen-bond acceptors (Lipinski definition) is 3. The highest BCUT2D eigenvalue weighted by Crippen LogP contribution is 2.45. The van der Waals surface area contributed by atoms with E-state index in [1.807, 2.05) is 24.3 Å². The number of fused-ring (bicyclic) bond motifs is 15. The van der Waals surface area contributed by atoms with Crippen LogP contribution in [0.15, 0.2) is 160 Å². The van der Waals surface area contributed by atoms with Crippen LogP contribution in [0.25, 0.3) is 87.7 Å². The van der Waals surface area contributed by atoms with Gasteiger partial charge < -0.3 is 13.7 Å². The Morgan fingerprint density at radius 2 is 0.776 bits per heavy atom. The molecule has 0 atom stereocenters. The van der Waals surface area contributed by atoms with Gasteiger partial charge in [-0.3, -0.25) is 8.80 Å². The Labute approximate surface area is 278 Å². The molecule has 12 rings (SSSR count). The monoisotopic (exact) mass is 627 g/mol. The molecule has 0 aliphatic heterocycles. The minimum Gasteiger partial charge on any atom is -0.456 e. The molecule has 0 radical (unpaired) electrons. The number of rotatable bonds is 3. The van der Waals surface area contributed by atoms with Crippen molar-refractivity contribution < 1.29 is 8.83 Å².